The van der Waals surface area contributed by atoms with Crippen molar-refractivity contribution in [2.24, 2.45) is 7.05 Å². The molecule has 2 amide bonds. The van der Waals surface area contributed by atoms with Gasteiger partial charge in [-0.25, -0.2) is 9.97 Å². The molecular weight excluding hydrogens is 496 g/mol. The van der Waals surface area contributed by atoms with Gasteiger partial charge in [-0.05, 0) is 26.0 Å². The summed E-state index contributed by atoms with van der Waals surface area (Å²) in [6.45, 7) is 4.40. The van der Waals surface area contributed by atoms with Gasteiger partial charge in [-0.3, -0.25) is 14.3 Å². The van der Waals surface area contributed by atoms with E-state index in [2.05, 4.69) is 35.8 Å². The van der Waals surface area contributed by atoms with Gasteiger partial charge in [0.05, 0.1) is 19.0 Å². The Morgan fingerprint density at radius 1 is 1.13 bits per heavy atom. The minimum Gasteiger partial charge on any atom is -0.488 e. The maximum atomic E-state index is 12.9. The van der Waals surface area contributed by atoms with Gasteiger partial charge in [0.15, 0.2) is 5.82 Å². The Morgan fingerprint density at radius 2 is 1.95 bits per heavy atom. The number of amides is 2. The monoisotopic (exact) mass is 522 g/mol. The Bertz CT molecular complexity index is 1400. The normalized spacial score (nSPS) is 11.6. The van der Waals surface area contributed by atoms with E-state index in [1.165, 1.54) is 12.4 Å². The van der Waals surface area contributed by atoms with Crippen molar-refractivity contribution in [3.63, 3.8) is 0 Å². The molecule has 38 heavy (non-hydrogen) atoms. The Morgan fingerprint density at radius 3 is 2.63 bits per heavy atom. The minimum absolute atomic E-state index is 0.0290. The molecule has 1 atom stereocenters. The van der Waals surface area contributed by atoms with Gasteiger partial charge in [0, 0.05) is 44.6 Å². The van der Waals surface area contributed by atoms with E-state index in [0.717, 1.165) is 0 Å². The van der Waals surface area contributed by atoms with Crippen LogP contribution in [0.4, 0.5) is 5.82 Å². The zero-order valence-corrected chi connectivity index (χ0v) is 21.2. The number of nitrogens with one attached hydrogen (secondary N) is 2. The first-order valence-electron chi connectivity index (χ1n) is 11.6. The summed E-state index contributed by atoms with van der Waals surface area (Å²) < 4.78 is 23.6. The lowest BCUT2D eigenvalue weighted by atomic mass is 10.2. The Kier molecular flexibility index (Phi) is 8.23. The molecule has 0 bridgehead atoms. The molecule has 4 rings (SSSR count). The molecule has 14 nitrogen and oxygen atoms in total. The Labute approximate surface area is 217 Å². The van der Waals surface area contributed by atoms with Gasteiger partial charge in [0.2, 0.25) is 5.88 Å². The molecule has 3 aromatic heterocycles. The number of nitrogens with zero attached hydrogens (tertiary/aromatic N) is 6. The number of anilines is 1. The molecule has 4 aromatic rings. The quantitative estimate of drug-likeness (QED) is 0.297. The zero-order valence-electron chi connectivity index (χ0n) is 21.2. The van der Waals surface area contributed by atoms with E-state index in [1.807, 2.05) is 6.92 Å². The van der Waals surface area contributed by atoms with Gasteiger partial charge in [-0.2, -0.15) is 10.1 Å². The van der Waals surface area contributed by atoms with E-state index < -0.39 is 11.8 Å². The van der Waals surface area contributed by atoms with Crippen molar-refractivity contribution >= 4 is 17.6 Å². The maximum absolute atomic E-state index is 12.9. The third-order valence-corrected chi connectivity index (χ3v) is 4.87. The maximum Gasteiger partial charge on any atom is 0.292 e. The van der Waals surface area contributed by atoms with Crippen LogP contribution in [0.2, 0.25) is 0 Å². The average molecular weight is 523 g/mol. The van der Waals surface area contributed by atoms with Gasteiger partial charge in [-0.1, -0.05) is 5.16 Å². The van der Waals surface area contributed by atoms with E-state index >= 15 is 0 Å². The van der Waals surface area contributed by atoms with Crippen molar-refractivity contribution in [3.05, 3.63) is 54.2 Å². The molecule has 0 fully saturated rings. The fourth-order valence-corrected chi connectivity index (χ4v) is 3.26. The number of ether oxygens (including phenoxy) is 3. The molecule has 0 unspecified atom stereocenters. The number of benzene rings is 1. The molecule has 0 spiro atoms. The summed E-state index contributed by atoms with van der Waals surface area (Å²) in [5, 5.41) is 13.1. The first kappa shape index (κ1) is 26.2. The standard InChI is InChI=1S/C24H26N8O6/c1-5-25-23(34)21-29-24(38-31-21)18-11-27-20(12-26-18)37-17-9-15(8-16(10-17)36-14(2)13-35-4)22(33)28-19-6-7-32(3)30-19/h6-12,14H,5,13H2,1-4H3,(H,25,34)(H,28,30,33)/t14-/m0/s1. The minimum atomic E-state index is -0.458. The van der Waals surface area contributed by atoms with Crippen molar-refractivity contribution in [1.29, 1.82) is 0 Å². The molecule has 3 heterocycles. The van der Waals surface area contributed by atoms with Crippen LogP contribution in [0.1, 0.15) is 34.8 Å². The van der Waals surface area contributed by atoms with Crippen LogP contribution in [0, 0.1) is 0 Å². The number of aryl methyl sites for hydroxylation is 1. The third-order valence-electron chi connectivity index (χ3n) is 4.87. The average Bonchev–Trinajstić information content (AvgIpc) is 3.54. The van der Waals surface area contributed by atoms with Crippen molar-refractivity contribution in [1.82, 2.24) is 35.2 Å². The molecular formula is C24H26N8O6. The second-order valence-corrected chi connectivity index (χ2v) is 8.03. The third kappa shape index (κ3) is 6.67. The molecule has 0 aliphatic heterocycles. The Balaban J connectivity index is 1.53. The van der Waals surface area contributed by atoms with Crippen LogP contribution in [0.3, 0.4) is 0 Å². The topological polar surface area (TPSA) is 168 Å². The molecule has 0 radical (unpaired) electrons. The van der Waals surface area contributed by atoms with Crippen LogP contribution in [0.25, 0.3) is 11.6 Å². The van der Waals surface area contributed by atoms with E-state index in [4.69, 9.17) is 18.7 Å². The number of methoxy groups -OCH3 is 1. The smallest absolute Gasteiger partial charge is 0.292 e. The number of hydrogen-bond donors (Lipinski definition) is 2. The number of aromatic nitrogens is 6. The van der Waals surface area contributed by atoms with Crippen molar-refractivity contribution in [2.45, 2.75) is 20.0 Å². The molecule has 14 heteroatoms. The summed E-state index contributed by atoms with van der Waals surface area (Å²) in [6.07, 6.45) is 4.15. The molecule has 0 saturated heterocycles. The highest BCUT2D eigenvalue weighted by atomic mass is 16.5. The highest BCUT2D eigenvalue weighted by molar-refractivity contribution is 6.04. The number of carbonyl (C=O) groups is 2. The summed E-state index contributed by atoms with van der Waals surface area (Å²) in [7, 11) is 3.32. The summed E-state index contributed by atoms with van der Waals surface area (Å²) in [4.78, 5) is 37.2. The van der Waals surface area contributed by atoms with E-state index in [9.17, 15) is 9.59 Å². The predicted octanol–water partition coefficient (Wildman–Crippen LogP) is 2.47. The van der Waals surface area contributed by atoms with Gasteiger partial charge in [0.1, 0.15) is 23.3 Å². The van der Waals surface area contributed by atoms with Gasteiger partial charge < -0.3 is 29.4 Å². The number of hydrogen-bond acceptors (Lipinski definition) is 11. The summed E-state index contributed by atoms with van der Waals surface area (Å²) in [6, 6.07) is 6.43. The molecule has 198 valence electrons. The van der Waals surface area contributed by atoms with Gasteiger partial charge in [0.25, 0.3) is 23.5 Å². The first-order valence-corrected chi connectivity index (χ1v) is 11.6. The van der Waals surface area contributed by atoms with Gasteiger partial charge in [-0.15, -0.1) is 0 Å². The first-order chi connectivity index (χ1) is 18.3. The largest absolute Gasteiger partial charge is 0.488 e. The lowest BCUT2D eigenvalue weighted by Crippen LogP contribution is -2.23. The van der Waals surface area contributed by atoms with Crippen molar-refractivity contribution in [3.8, 4) is 29.0 Å². The second-order valence-electron chi connectivity index (χ2n) is 8.03. The van der Waals surface area contributed by atoms with Crippen LogP contribution < -0.4 is 20.1 Å². The van der Waals surface area contributed by atoms with E-state index in [0.29, 0.717) is 24.7 Å². The highest BCUT2D eigenvalue weighted by Gasteiger charge is 2.17. The fraction of sp³-hybridized carbons (Fsp3) is 0.292. The van der Waals surface area contributed by atoms with Crippen LogP contribution in [-0.2, 0) is 11.8 Å². The molecule has 0 aliphatic rings. The van der Waals surface area contributed by atoms with E-state index in [-0.39, 0.29) is 40.7 Å². The van der Waals surface area contributed by atoms with Crippen molar-refractivity contribution < 1.29 is 28.3 Å². The van der Waals surface area contributed by atoms with Crippen LogP contribution in [0.15, 0.2) is 47.4 Å². The molecule has 0 aliphatic carbocycles. The summed E-state index contributed by atoms with van der Waals surface area (Å²) >= 11 is 0. The lowest BCUT2D eigenvalue weighted by Gasteiger charge is -2.16. The second kappa shape index (κ2) is 11.9. The molecule has 0 saturated carbocycles. The highest BCUT2D eigenvalue weighted by Crippen LogP contribution is 2.28. The number of rotatable bonds is 11. The van der Waals surface area contributed by atoms with Crippen LogP contribution >= 0.6 is 0 Å². The van der Waals surface area contributed by atoms with E-state index in [1.54, 1.807) is 56.2 Å². The molecule has 1 aromatic carbocycles. The number of carbonyl (C=O) groups excluding carboxylic acids is 2. The van der Waals surface area contributed by atoms with Crippen LogP contribution in [-0.4, -0.2) is 68.1 Å². The summed E-state index contributed by atoms with van der Waals surface area (Å²) in [5.41, 5.74) is 0.530. The molecule has 2 N–H and O–H groups in total. The van der Waals surface area contributed by atoms with Gasteiger partial charge >= 0.3 is 0 Å². The zero-order chi connectivity index (χ0) is 27.1. The SMILES string of the molecule is CCNC(=O)c1noc(-c2cnc(Oc3cc(O[C@@H](C)COC)cc(C(=O)Nc4ccn(C)n4)c3)cn2)n1. The van der Waals surface area contributed by atoms with Crippen LogP contribution in [0.5, 0.6) is 17.4 Å². The van der Waals surface area contributed by atoms with Crippen molar-refractivity contribution in [2.75, 3.05) is 25.6 Å². The predicted molar refractivity (Wildman–Crippen MR) is 133 cm³/mol. The lowest BCUT2D eigenvalue weighted by molar-refractivity contribution is 0.0915. The fourth-order valence-electron chi connectivity index (χ4n) is 3.26. The Hall–Kier alpha value is -4.85. The summed E-state index contributed by atoms with van der Waals surface area (Å²) in [5.74, 6) is 0.274.